The van der Waals surface area contributed by atoms with E-state index in [1.807, 2.05) is 36.4 Å². The normalized spacial score (nSPS) is 11.6. The number of anilines is 1. The van der Waals surface area contributed by atoms with Gasteiger partial charge < -0.3 is 5.32 Å². The summed E-state index contributed by atoms with van der Waals surface area (Å²) in [6.45, 7) is 4.23. The third-order valence-electron chi connectivity index (χ3n) is 4.95. The minimum atomic E-state index is -1.19. The molecule has 3 aromatic rings. The van der Waals surface area contributed by atoms with Gasteiger partial charge in [0.15, 0.2) is 6.16 Å². The summed E-state index contributed by atoms with van der Waals surface area (Å²) in [5.74, 6) is -0.163. The van der Waals surface area contributed by atoms with Gasteiger partial charge in [0.1, 0.15) is 6.16 Å². The van der Waals surface area contributed by atoms with Crippen LogP contribution in [0.5, 0.6) is 0 Å². The van der Waals surface area contributed by atoms with E-state index in [2.05, 4.69) is 49.5 Å². The number of carbonyl (C=O) groups excluding carboxylic acids is 1. The molecule has 1 amide bonds. The van der Waals surface area contributed by atoms with Crippen molar-refractivity contribution >= 4 is 36.8 Å². The van der Waals surface area contributed by atoms with Crippen LogP contribution in [0.25, 0.3) is 16.5 Å². The summed E-state index contributed by atoms with van der Waals surface area (Å²) in [4.78, 5) is 14.5. The van der Waals surface area contributed by atoms with Gasteiger partial charge in [-0.3, -0.25) is 4.79 Å². The van der Waals surface area contributed by atoms with E-state index in [1.54, 1.807) is 17.4 Å². The first-order valence-electron chi connectivity index (χ1n) is 10.7. The Balaban J connectivity index is 1.51. The fourth-order valence-electron chi connectivity index (χ4n) is 3.17. The maximum Gasteiger partial charge on any atom is 0.343 e. The molecular formula is C26H29NO2PS+. The molecule has 0 radical (unpaired) electrons. The minimum absolute atomic E-state index is 0.163. The SMILES string of the molecule is CCCCC[P+](=O)Cc1ccc(NC(=O)/C=C/c2ccc(-c3ccc(C)cc3)s2)cc1. The van der Waals surface area contributed by atoms with Gasteiger partial charge in [0.05, 0.1) is 0 Å². The first-order chi connectivity index (χ1) is 15.0. The molecule has 0 aliphatic heterocycles. The number of hydrogen-bond donors (Lipinski definition) is 1. The Morgan fingerprint density at radius 2 is 1.74 bits per heavy atom. The number of hydrogen-bond acceptors (Lipinski definition) is 3. The molecule has 1 unspecified atom stereocenters. The quantitative estimate of drug-likeness (QED) is 0.194. The highest BCUT2D eigenvalue weighted by Gasteiger charge is 2.15. The highest BCUT2D eigenvalue weighted by molar-refractivity contribution is 7.43. The first kappa shape index (κ1) is 23.1. The molecule has 1 atom stereocenters. The van der Waals surface area contributed by atoms with Crippen LogP contribution < -0.4 is 5.32 Å². The lowest BCUT2D eigenvalue weighted by Crippen LogP contribution is -2.07. The number of nitrogens with one attached hydrogen (secondary N) is 1. The van der Waals surface area contributed by atoms with Gasteiger partial charge >= 0.3 is 7.80 Å². The van der Waals surface area contributed by atoms with Crippen LogP contribution in [0.3, 0.4) is 0 Å². The number of amides is 1. The number of thiophene rings is 1. The second-order valence-electron chi connectivity index (χ2n) is 7.66. The molecule has 31 heavy (non-hydrogen) atoms. The predicted molar refractivity (Wildman–Crippen MR) is 134 cm³/mol. The third kappa shape index (κ3) is 7.57. The van der Waals surface area contributed by atoms with Crippen LogP contribution in [0.15, 0.2) is 66.7 Å². The molecular weight excluding hydrogens is 421 g/mol. The second-order valence-corrected chi connectivity index (χ2v) is 10.5. The Hall–Kier alpha value is -2.55. The van der Waals surface area contributed by atoms with Gasteiger partial charge in [-0.05, 0) is 61.2 Å². The summed E-state index contributed by atoms with van der Waals surface area (Å²) in [5, 5.41) is 2.89. The highest BCUT2D eigenvalue weighted by Crippen LogP contribution is 2.30. The van der Waals surface area contributed by atoms with E-state index in [0.717, 1.165) is 41.6 Å². The molecule has 1 N–H and O–H groups in total. The van der Waals surface area contributed by atoms with Crippen LogP contribution in [0.2, 0.25) is 0 Å². The lowest BCUT2D eigenvalue weighted by atomic mass is 10.1. The van der Waals surface area contributed by atoms with Gasteiger partial charge in [0.25, 0.3) is 0 Å². The van der Waals surface area contributed by atoms with Crippen LogP contribution in [0, 0.1) is 6.92 Å². The van der Waals surface area contributed by atoms with Crippen molar-refractivity contribution in [2.45, 2.75) is 39.3 Å². The molecule has 2 aromatic carbocycles. The number of aryl methyl sites for hydroxylation is 1. The fourth-order valence-corrected chi connectivity index (χ4v) is 5.44. The molecule has 1 aromatic heterocycles. The maximum atomic E-state index is 12.3. The number of benzene rings is 2. The summed E-state index contributed by atoms with van der Waals surface area (Å²) < 4.78 is 12.1. The van der Waals surface area contributed by atoms with E-state index >= 15 is 0 Å². The zero-order valence-corrected chi connectivity index (χ0v) is 19.8. The standard InChI is InChI=1S/C26H28NO2PS/c1-3-4-5-18-30(29)19-21-8-12-23(13-9-21)27-26(28)17-15-24-14-16-25(31-24)22-10-6-20(2)7-11-22/h6-17H,3-5,18-19H2,1-2H3/p+1/b17-15+. The van der Waals surface area contributed by atoms with Crippen molar-refractivity contribution in [1.82, 2.24) is 0 Å². The summed E-state index contributed by atoms with van der Waals surface area (Å²) in [7, 11) is -1.19. The van der Waals surface area contributed by atoms with Crippen LogP contribution in [0.1, 0.15) is 42.2 Å². The Morgan fingerprint density at radius 3 is 2.45 bits per heavy atom. The van der Waals surface area contributed by atoms with Crippen LogP contribution in [-0.4, -0.2) is 12.1 Å². The van der Waals surface area contributed by atoms with Crippen molar-refractivity contribution in [3.8, 4) is 10.4 Å². The smallest absolute Gasteiger partial charge is 0.323 e. The van der Waals surface area contributed by atoms with Crippen molar-refractivity contribution in [3.05, 3.63) is 82.7 Å². The fraction of sp³-hybridized carbons (Fsp3) is 0.269. The average Bonchev–Trinajstić information content (AvgIpc) is 3.23. The summed E-state index contributed by atoms with van der Waals surface area (Å²) in [5.41, 5.74) is 4.22. The monoisotopic (exact) mass is 450 g/mol. The van der Waals surface area contributed by atoms with Crippen molar-refractivity contribution in [1.29, 1.82) is 0 Å². The van der Waals surface area contributed by atoms with E-state index in [-0.39, 0.29) is 5.91 Å². The van der Waals surface area contributed by atoms with Gasteiger partial charge in [-0.2, -0.15) is 0 Å². The Kier molecular flexibility index (Phi) is 8.75. The topological polar surface area (TPSA) is 46.2 Å². The minimum Gasteiger partial charge on any atom is -0.323 e. The lowest BCUT2D eigenvalue weighted by Gasteiger charge is -2.02. The Morgan fingerprint density at radius 1 is 1.00 bits per heavy atom. The van der Waals surface area contributed by atoms with E-state index in [9.17, 15) is 9.36 Å². The molecule has 1 heterocycles. The van der Waals surface area contributed by atoms with Gasteiger partial charge in [0.2, 0.25) is 5.91 Å². The second kappa shape index (κ2) is 11.7. The average molecular weight is 451 g/mol. The molecule has 0 saturated carbocycles. The third-order valence-corrected chi connectivity index (χ3v) is 7.59. The van der Waals surface area contributed by atoms with Gasteiger partial charge in [0, 0.05) is 21.5 Å². The lowest BCUT2D eigenvalue weighted by molar-refractivity contribution is -0.111. The number of unbranched alkanes of at least 4 members (excludes halogenated alkanes) is 2. The molecule has 0 spiro atoms. The molecule has 3 nitrogen and oxygen atoms in total. The van der Waals surface area contributed by atoms with Gasteiger partial charge in [-0.25, -0.2) is 0 Å². The summed E-state index contributed by atoms with van der Waals surface area (Å²) >= 11 is 1.66. The predicted octanol–water partition coefficient (Wildman–Crippen LogP) is 7.89. The molecule has 0 aliphatic rings. The largest absolute Gasteiger partial charge is 0.343 e. The van der Waals surface area contributed by atoms with Crippen molar-refractivity contribution in [2.24, 2.45) is 0 Å². The molecule has 5 heteroatoms. The molecule has 0 aliphatic carbocycles. The Labute approximate surface area is 190 Å². The number of rotatable bonds is 10. The molecule has 0 fully saturated rings. The van der Waals surface area contributed by atoms with Crippen molar-refractivity contribution < 1.29 is 9.36 Å². The number of carbonyl (C=O) groups is 1. The molecule has 160 valence electrons. The molecule has 3 rings (SSSR count). The summed E-state index contributed by atoms with van der Waals surface area (Å²) in [6.07, 6.45) is 8.11. The highest BCUT2D eigenvalue weighted by atomic mass is 32.1. The van der Waals surface area contributed by atoms with E-state index < -0.39 is 7.80 Å². The van der Waals surface area contributed by atoms with Crippen LogP contribution in [0.4, 0.5) is 5.69 Å². The first-order valence-corrected chi connectivity index (χ1v) is 13.1. The maximum absolute atomic E-state index is 12.3. The van der Waals surface area contributed by atoms with Crippen molar-refractivity contribution in [2.75, 3.05) is 11.5 Å². The summed E-state index contributed by atoms with van der Waals surface area (Å²) in [6, 6.07) is 20.2. The van der Waals surface area contributed by atoms with Crippen LogP contribution in [-0.2, 0) is 15.5 Å². The van der Waals surface area contributed by atoms with Gasteiger partial charge in [-0.15, -0.1) is 11.3 Å². The van der Waals surface area contributed by atoms with Crippen molar-refractivity contribution in [3.63, 3.8) is 0 Å². The Bertz CT molecular complexity index is 1040. The molecule has 0 bridgehead atoms. The zero-order valence-electron chi connectivity index (χ0n) is 18.1. The van der Waals surface area contributed by atoms with E-state index in [1.165, 1.54) is 16.0 Å². The molecule has 0 saturated heterocycles. The van der Waals surface area contributed by atoms with E-state index in [4.69, 9.17) is 0 Å². The van der Waals surface area contributed by atoms with Crippen LogP contribution >= 0.6 is 19.1 Å². The zero-order chi connectivity index (χ0) is 22.1. The van der Waals surface area contributed by atoms with E-state index in [0.29, 0.717) is 6.16 Å². The van der Waals surface area contributed by atoms with Gasteiger partial charge in [-0.1, -0.05) is 59.9 Å².